The predicted molar refractivity (Wildman–Crippen MR) is 79.1 cm³/mol. The number of carbonyl (C=O) groups is 1. The summed E-state index contributed by atoms with van der Waals surface area (Å²) in [5.41, 5.74) is 2.03. The number of pyridine rings is 1. The highest BCUT2D eigenvalue weighted by Crippen LogP contribution is 2.18. The summed E-state index contributed by atoms with van der Waals surface area (Å²) in [7, 11) is 0. The van der Waals surface area contributed by atoms with Crippen LogP contribution in [0.5, 0.6) is 0 Å². The maximum Gasteiger partial charge on any atom is 0.224 e. The van der Waals surface area contributed by atoms with Gasteiger partial charge in [0.1, 0.15) is 0 Å². The molecule has 1 amide bonds. The zero-order chi connectivity index (χ0) is 13.9. The van der Waals surface area contributed by atoms with Crippen LogP contribution in [0.3, 0.4) is 0 Å². The average Bonchev–Trinajstić information content (AvgIpc) is 2.91. The van der Waals surface area contributed by atoms with Crippen LogP contribution in [0.2, 0.25) is 0 Å². The van der Waals surface area contributed by atoms with Crippen LogP contribution in [0, 0.1) is 11.8 Å². The molecule has 0 unspecified atom stereocenters. The Balaban J connectivity index is 1.72. The number of benzene rings is 1. The Kier molecular flexibility index (Phi) is 3.65. The van der Waals surface area contributed by atoms with E-state index in [1.807, 2.05) is 30.3 Å². The molecule has 1 aromatic carbocycles. The number of aromatic nitrogens is 1. The van der Waals surface area contributed by atoms with E-state index in [1.165, 1.54) is 0 Å². The van der Waals surface area contributed by atoms with Crippen molar-refractivity contribution in [3.63, 3.8) is 0 Å². The molecule has 2 heterocycles. The normalized spacial score (nSPS) is 22.1. The van der Waals surface area contributed by atoms with Crippen LogP contribution in [-0.2, 0) is 11.3 Å². The lowest BCUT2D eigenvalue weighted by Gasteiger charge is -2.14. The van der Waals surface area contributed by atoms with Gasteiger partial charge in [-0.3, -0.25) is 9.78 Å². The Bertz CT molecular complexity index is 621. The minimum atomic E-state index is 0.0814. The molecule has 1 fully saturated rings. The zero-order valence-electron chi connectivity index (χ0n) is 11.6. The highest BCUT2D eigenvalue weighted by atomic mass is 16.1. The van der Waals surface area contributed by atoms with E-state index in [9.17, 15) is 4.79 Å². The van der Waals surface area contributed by atoms with Crippen LogP contribution in [0.25, 0.3) is 10.9 Å². The van der Waals surface area contributed by atoms with Crippen molar-refractivity contribution in [1.82, 2.24) is 15.6 Å². The predicted octanol–water partition coefficient (Wildman–Crippen LogP) is 1.71. The summed E-state index contributed by atoms with van der Waals surface area (Å²) in [5, 5.41) is 7.41. The van der Waals surface area contributed by atoms with Gasteiger partial charge in [0.15, 0.2) is 0 Å². The van der Waals surface area contributed by atoms with Gasteiger partial charge in [0, 0.05) is 24.7 Å². The number of fused-ring (bicyclic) bond motifs is 1. The molecule has 1 aromatic heterocycles. The van der Waals surface area contributed by atoms with E-state index >= 15 is 0 Å². The number of nitrogens with zero attached hydrogens (tertiary/aromatic N) is 1. The molecule has 2 atom stereocenters. The maximum absolute atomic E-state index is 12.2. The molecule has 104 valence electrons. The Hall–Kier alpha value is -1.94. The Morgan fingerprint density at radius 2 is 2.20 bits per heavy atom. The van der Waals surface area contributed by atoms with Crippen LogP contribution in [0.4, 0.5) is 0 Å². The van der Waals surface area contributed by atoms with Gasteiger partial charge in [-0.05, 0) is 24.1 Å². The fraction of sp³-hybridized carbons (Fsp3) is 0.375. The maximum atomic E-state index is 12.2. The first kappa shape index (κ1) is 13.1. The number of para-hydroxylation sites is 1. The number of amides is 1. The lowest BCUT2D eigenvalue weighted by Crippen LogP contribution is -2.33. The fourth-order valence-electron chi connectivity index (χ4n) is 2.78. The third-order valence-corrected chi connectivity index (χ3v) is 4.02. The van der Waals surface area contributed by atoms with Crippen molar-refractivity contribution in [3.8, 4) is 0 Å². The Labute approximate surface area is 118 Å². The number of nitrogens with one attached hydrogen (secondary N) is 2. The molecule has 4 nitrogen and oxygen atoms in total. The number of rotatable bonds is 3. The van der Waals surface area contributed by atoms with Gasteiger partial charge >= 0.3 is 0 Å². The summed E-state index contributed by atoms with van der Waals surface area (Å²) in [4.78, 5) is 16.6. The van der Waals surface area contributed by atoms with Crippen LogP contribution < -0.4 is 10.6 Å². The topological polar surface area (TPSA) is 54.0 Å². The van der Waals surface area contributed by atoms with Gasteiger partial charge in [0.2, 0.25) is 5.91 Å². The van der Waals surface area contributed by atoms with E-state index in [2.05, 4.69) is 22.5 Å². The molecule has 0 radical (unpaired) electrons. The second-order valence-corrected chi connectivity index (χ2v) is 5.45. The van der Waals surface area contributed by atoms with Crippen molar-refractivity contribution >= 4 is 16.8 Å². The van der Waals surface area contributed by atoms with E-state index in [-0.39, 0.29) is 11.8 Å². The quantitative estimate of drug-likeness (QED) is 0.892. The van der Waals surface area contributed by atoms with Crippen LogP contribution >= 0.6 is 0 Å². The first-order valence-electron chi connectivity index (χ1n) is 7.07. The summed E-state index contributed by atoms with van der Waals surface area (Å²) in [5.74, 6) is 0.619. The largest absolute Gasteiger partial charge is 0.352 e. The van der Waals surface area contributed by atoms with Crippen molar-refractivity contribution in [2.45, 2.75) is 13.5 Å². The minimum absolute atomic E-state index is 0.0814. The Morgan fingerprint density at radius 3 is 3.00 bits per heavy atom. The molecule has 2 N–H and O–H groups in total. The van der Waals surface area contributed by atoms with Gasteiger partial charge in [0.05, 0.1) is 11.4 Å². The van der Waals surface area contributed by atoms with Crippen molar-refractivity contribution in [1.29, 1.82) is 0 Å². The monoisotopic (exact) mass is 269 g/mol. The number of hydrogen-bond acceptors (Lipinski definition) is 3. The van der Waals surface area contributed by atoms with Crippen molar-refractivity contribution < 1.29 is 4.79 Å². The molecule has 0 bridgehead atoms. The van der Waals surface area contributed by atoms with E-state index < -0.39 is 0 Å². The molecular weight excluding hydrogens is 250 g/mol. The van der Waals surface area contributed by atoms with Gasteiger partial charge in [-0.15, -0.1) is 0 Å². The molecule has 1 aliphatic heterocycles. The van der Waals surface area contributed by atoms with Gasteiger partial charge in [0.25, 0.3) is 0 Å². The molecule has 4 heteroatoms. The fourth-order valence-corrected chi connectivity index (χ4v) is 2.78. The van der Waals surface area contributed by atoms with Crippen LogP contribution in [0.15, 0.2) is 36.5 Å². The summed E-state index contributed by atoms with van der Waals surface area (Å²) in [6, 6.07) is 10.0. The number of carbonyl (C=O) groups excluding carboxylic acids is 1. The molecule has 0 saturated carbocycles. The first-order chi connectivity index (χ1) is 9.75. The van der Waals surface area contributed by atoms with Crippen LogP contribution in [0.1, 0.15) is 12.5 Å². The van der Waals surface area contributed by atoms with E-state index in [0.717, 1.165) is 29.6 Å². The molecule has 20 heavy (non-hydrogen) atoms. The van der Waals surface area contributed by atoms with Gasteiger partial charge in [-0.1, -0.05) is 31.2 Å². The van der Waals surface area contributed by atoms with E-state index in [0.29, 0.717) is 12.5 Å². The van der Waals surface area contributed by atoms with E-state index in [4.69, 9.17) is 0 Å². The summed E-state index contributed by atoms with van der Waals surface area (Å²) in [6.07, 6.45) is 1.79. The minimum Gasteiger partial charge on any atom is -0.352 e. The standard InChI is InChI=1S/C16H19N3O/c1-11-8-17-10-14(11)16(20)19-9-13-5-2-4-12-6-3-7-18-15(12)13/h2-7,11,14,17H,8-10H2,1H3,(H,19,20)/t11-,14-/m1/s1. The summed E-state index contributed by atoms with van der Waals surface area (Å²) >= 11 is 0. The number of hydrogen-bond donors (Lipinski definition) is 2. The SMILES string of the molecule is C[C@@H]1CNC[C@H]1C(=O)NCc1cccc2cccnc12. The van der Waals surface area contributed by atoms with Gasteiger partial charge in [-0.2, -0.15) is 0 Å². The molecule has 3 rings (SSSR count). The lowest BCUT2D eigenvalue weighted by molar-refractivity contribution is -0.125. The average molecular weight is 269 g/mol. The first-order valence-corrected chi connectivity index (χ1v) is 7.07. The summed E-state index contributed by atoms with van der Waals surface area (Å²) < 4.78 is 0. The van der Waals surface area contributed by atoms with Gasteiger partial charge in [-0.25, -0.2) is 0 Å². The molecule has 2 aromatic rings. The molecule has 1 saturated heterocycles. The van der Waals surface area contributed by atoms with E-state index in [1.54, 1.807) is 6.20 Å². The molecule has 1 aliphatic rings. The second kappa shape index (κ2) is 5.59. The third-order valence-electron chi connectivity index (χ3n) is 4.02. The van der Waals surface area contributed by atoms with Crippen LogP contribution in [-0.4, -0.2) is 24.0 Å². The zero-order valence-corrected chi connectivity index (χ0v) is 11.6. The van der Waals surface area contributed by atoms with Crippen molar-refractivity contribution in [3.05, 3.63) is 42.1 Å². The highest BCUT2D eigenvalue weighted by molar-refractivity contribution is 5.83. The lowest BCUT2D eigenvalue weighted by atomic mass is 9.97. The Morgan fingerprint density at radius 1 is 1.35 bits per heavy atom. The summed E-state index contributed by atoms with van der Waals surface area (Å²) in [6.45, 7) is 4.36. The molecular formula is C16H19N3O. The molecule has 0 aliphatic carbocycles. The third kappa shape index (κ3) is 2.51. The molecule has 0 spiro atoms. The van der Waals surface area contributed by atoms with Crippen molar-refractivity contribution in [2.24, 2.45) is 11.8 Å². The highest BCUT2D eigenvalue weighted by Gasteiger charge is 2.29. The van der Waals surface area contributed by atoms with Crippen molar-refractivity contribution in [2.75, 3.05) is 13.1 Å². The van der Waals surface area contributed by atoms with Gasteiger partial charge < -0.3 is 10.6 Å². The second-order valence-electron chi connectivity index (χ2n) is 5.45. The smallest absolute Gasteiger partial charge is 0.224 e.